The van der Waals surface area contributed by atoms with E-state index < -0.39 is 32.4 Å². The Morgan fingerprint density at radius 2 is 1.57 bits per heavy atom. The molecular weight excluding hydrogens is 286 g/mol. The standard InChI is InChI=1S/C15H33NO4Si/c1-21(2,3)9-7-5-4-6-8-16-10-13(18)15(20)14(19)12(16)11-17/h12-15,17-20H,4-11H2,1-3H3/t12?,13-,14+,15+/m0/s1. The number of aliphatic hydroxyl groups excluding tert-OH is 4. The number of nitrogens with zero attached hydrogens (tertiary/aromatic N) is 1. The average molecular weight is 320 g/mol. The van der Waals surface area contributed by atoms with Crippen molar-refractivity contribution in [2.24, 2.45) is 0 Å². The van der Waals surface area contributed by atoms with E-state index in [-0.39, 0.29) is 6.61 Å². The molecule has 1 saturated heterocycles. The molecule has 0 saturated carbocycles. The molecule has 4 N–H and O–H groups in total. The normalized spacial score (nSPS) is 31.6. The zero-order valence-electron chi connectivity index (χ0n) is 13.7. The van der Waals surface area contributed by atoms with E-state index in [9.17, 15) is 20.4 Å². The summed E-state index contributed by atoms with van der Waals surface area (Å²) in [6, 6.07) is 0.893. The molecule has 0 aliphatic carbocycles. The van der Waals surface area contributed by atoms with E-state index in [0.29, 0.717) is 6.54 Å². The van der Waals surface area contributed by atoms with Gasteiger partial charge in [-0.25, -0.2) is 0 Å². The summed E-state index contributed by atoms with van der Waals surface area (Å²) >= 11 is 0. The molecule has 1 aliphatic heterocycles. The molecule has 1 aliphatic rings. The minimum atomic E-state index is -1.16. The predicted octanol–water partition coefficient (Wildman–Crippen LogP) is 0.644. The second-order valence-electron chi connectivity index (χ2n) is 7.52. The van der Waals surface area contributed by atoms with Crippen molar-refractivity contribution in [3.05, 3.63) is 0 Å². The second kappa shape index (κ2) is 8.60. The summed E-state index contributed by atoms with van der Waals surface area (Å²) in [5.41, 5.74) is 0. The highest BCUT2D eigenvalue weighted by Crippen LogP contribution is 2.20. The first kappa shape index (κ1) is 19.1. The zero-order valence-corrected chi connectivity index (χ0v) is 14.7. The lowest BCUT2D eigenvalue weighted by Crippen LogP contribution is -2.62. The van der Waals surface area contributed by atoms with Gasteiger partial charge in [-0.05, 0) is 13.0 Å². The van der Waals surface area contributed by atoms with Crippen molar-refractivity contribution in [2.75, 3.05) is 19.7 Å². The lowest BCUT2D eigenvalue weighted by atomic mass is 9.94. The monoisotopic (exact) mass is 319 g/mol. The van der Waals surface area contributed by atoms with Crippen molar-refractivity contribution in [2.45, 2.75) is 75.7 Å². The summed E-state index contributed by atoms with van der Waals surface area (Å²) in [6.07, 6.45) is 1.46. The van der Waals surface area contributed by atoms with Gasteiger partial charge in [-0.2, -0.15) is 0 Å². The number of rotatable bonds is 8. The maximum atomic E-state index is 9.90. The van der Waals surface area contributed by atoms with Crippen LogP contribution < -0.4 is 0 Å². The Labute approximate surface area is 129 Å². The van der Waals surface area contributed by atoms with Crippen molar-refractivity contribution in [3.63, 3.8) is 0 Å². The van der Waals surface area contributed by atoms with Gasteiger partial charge in [-0.1, -0.05) is 44.9 Å². The summed E-state index contributed by atoms with van der Waals surface area (Å²) in [5, 5.41) is 38.7. The smallest absolute Gasteiger partial charge is 0.109 e. The summed E-state index contributed by atoms with van der Waals surface area (Å²) in [6.45, 7) is 8.04. The molecule has 1 unspecified atom stereocenters. The second-order valence-corrected chi connectivity index (χ2v) is 13.1. The summed E-state index contributed by atoms with van der Waals surface area (Å²) in [4.78, 5) is 1.90. The van der Waals surface area contributed by atoms with Crippen molar-refractivity contribution < 1.29 is 20.4 Å². The van der Waals surface area contributed by atoms with Crippen LogP contribution in [0.25, 0.3) is 0 Å². The summed E-state index contributed by atoms with van der Waals surface area (Å²) in [7, 11) is -0.930. The van der Waals surface area contributed by atoms with Gasteiger partial charge in [0.2, 0.25) is 0 Å². The molecule has 126 valence electrons. The average Bonchev–Trinajstić information content (AvgIpc) is 2.39. The summed E-state index contributed by atoms with van der Waals surface area (Å²) < 4.78 is 0. The molecule has 0 spiro atoms. The van der Waals surface area contributed by atoms with Gasteiger partial charge >= 0.3 is 0 Å². The van der Waals surface area contributed by atoms with Crippen LogP contribution in [0.2, 0.25) is 25.7 Å². The highest BCUT2D eigenvalue weighted by molar-refractivity contribution is 6.76. The van der Waals surface area contributed by atoms with Gasteiger partial charge in [0.05, 0.1) is 18.8 Å². The van der Waals surface area contributed by atoms with Crippen molar-refractivity contribution in [1.29, 1.82) is 0 Å². The number of β-amino-alcohol motifs (C(OH)–C–C–N with tert-alkyl or cyclic N) is 1. The highest BCUT2D eigenvalue weighted by Gasteiger charge is 2.40. The number of aliphatic hydroxyl groups is 4. The molecule has 0 amide bonds. The molecule has 21 heavy (non-hydrogen) atoms. The molecule has 1 fully saturated rings. The third kappa shape index (κ3) is 6.34. The number of hydrogen-bond acceptors (Lipinski definition) is 5. The van der Waals surface area contributed by atoms with Crippen LogP contribution in [0.4, 0.5) is 0 Å². The van der Waals surface area contributed by atoms with Crippen molar-refractivity contribution in [3.8, 4) is 0 Å². The number of unbranched alkanes of at least 4 members (excludes halogenated alkanes) is 3. The minimum absolute atomic E-state index is 0.194. The van der Waals surface area contributed by atoms with E-state index in [2.05, 4.69) is 19.6 Å². The Balaban J connectivity index is 2.27. The third-order valence-electron chi connectivity index (χ3n) is 4.34. The molecule has 5 nitrogen and oxygen atoms in total. The Hall–Kier alpha value is 0.0169. The van der Waals surface area contributed by atoms with Crippen LogP contribution >= 0.6 is 0 Å². The first-order valence-electron chi connectivity index (χ1n) is 8.15. The van der Waals surface area contributed by atoms with Gasteiger partial charge in [-0.15, -0.1) is 0 Å². The van der Waals surface area contributed by atoms with Crippen LogP contribution in [0, 0.1) is 0 Å². The van der Waals surface area contributed by atoms with Crippen LogP contribution in [0.5, 0.6) is 0 Å². The van der Waals surface area contributed by atoms with Crippen LogP contribution in [0.15, 0.2) is 0 Å². The number of piperidine rings is 1. The fourth-order valence-electron chi connectivity index (χ4n) is 2.96. The maximum Gasteiger partial charge on any atom is 0.109 e. The van der Waals surface area contributed by atoms with Gasteiger partial charge in [0.15, 0.2) is 0 Å². The largest absolute Gasteiger partial charge is 0.395 e. The predicted molar refractivity (Wildman–Crippen MR) is 87.1 cm³/mol. The maximum absolute atomic E-state index is 9.90. The van der Waals surface area contributed by atoms with Crippen LogP contribution in [0.3, 0.4) is 0 Å². The Morgan fingerprint density at radius 3 is 2.14 bits per heavy atom. The van der Waals surface area contributed by atoms with Gasteiger partial charge in [0.1, 0.15) is 12.2 Å². The SMILES string of the molecule is C[Si](C)(C)CCCCCCN1C[C@H](O)[C@@H](O)[C@H](O)C1CO. The zero-order chi connectivity index (χ0) is 16.0. The van der Waals surface area contributed by atoms with Crippen molar-refractivity contribution in [1.82, 2.24) is 4.90 Å². The van der Waals surface area contributed by atoms with Gasteiger partial charge in [0, 0.05) is 14.6 Å². The molecule has 1 heterocycles. The lowest BCUT2D eigenvalue weighted by Gasteiger charge is -2.43. The molecule has 0 bridgehead atoms. The Bertz CT molecular complexity index is 298. The van der Waals surface area contributed by atoms with Gasteiger partial charge in [0.25, 0.3) is 0 Å². The Morgan fingerprint density at radius 1 is 0.952 bits per heavy atom. The first-order chi connectivity index (χ1) is 9.76. The van der Waals surface area contributed by atoms with E-state index >= 15 is 0 Å². The topological polar surface area (TPSA) is 84.2 Å². The fraction of sp³-hybridized carbons (Fsp3) is 1.00. The van der Waals surface area contributed by atoms with E-state index in [1.165, 1.54) is 18.9 Å². The van der Waals surface area contributed by atoms with E-state index in [1.807, 2.05) is 4.90 Å². The molecule has 4 atom stereocenters. The van der Waals surface area contributed by atoms with Crippen LogP contribution in [-0.4, -0.2) is 77.5 Å². The summed E-state index contributed by atoms with van der Waals surface area (Å²) in [5.74, 6) is 0. The molecule has 6 heteroatoms. The molecular formula is C15H33NO4Si. The number of likely N-dealkylation sites (tertiary alicyclic amines) is 1. The van der Waals surface area contributed by atoms with Crippen molar-refractivity contribution >= 4 is 8.07 Å². The lowest BCUT2D eigenvalue weighted by molar-refractivity contribution is -0.145. The quantitative estimate of drug-likeness (QED) is 0.390. The number of hydrogen-bond donors (Lipinski definition) is 4. The van der Waals surface area contributed by atoms with E-state index in [4.69, 9.17) is 0 Å². The first-order valence-corrected chi connectivity index (χ1v) is 11.9. The van der Waals surface area contributed by atoms with E-state index in [1.54, 1.807) is 0 Å². The van der Waals surface area contributed by atoms with E-state index in [0.717, 1.165) is 19.4 Å². The fourth-order valence-corrected chi connectivity index (χ4v) is 4.27. The minimum Gasteiger partial charge on any atom is -0.395 e. The molecule has 0 radical (unpaired) electrons. The molecule has 0 aromatic heterocycles. The highest BCUT2D eigenvalue weighted by atomic mass is 28.3. The van der Waals surface area contributed by atoms with Crippen LogP contribution in [0.1, 0.15) is 25.7 Å². The van der Waals surface area contributed by atoms with Crippen LogP contribution in [-0.2, 0) is 0 Å². The van der Waals surface area contributed by atoms with Gasteiger partial charge < -0.3 is 20.4 Å². The molecule has 1 rings (SSSR count). The third-order valence-corrected chi connectivity index (χ3v) is 6.19. The van der Waals surface area contributed by atoms with Gasteiger partial charge in [-0.3, -0.25) is 4.90 Å². The Kier molecular flexibility index (Phi) is 7.81. The molecule has 0 aromatic rings. The molecule has 0 aromatic carbocycles.